The largest absolute Gasteiger partial charge is 0.383 e. The van der Waals surface area contributed by atoms with E-state index in [2.05, 4.69) is 20.9 Å². The average Bonchev–Trinajstić information content (AvgIpc) is 2.53. The molecular formula is C16H19BrN4O3. The smallest absolute Gasteiger partial charge is 0.330 e. The number of nitrogens with one attached hydrogen (secondary N) is 1. The Labute approximate surface area is 147 Å². The maximum Gasteiger partial charge on any atom is 0.330 e. The third kappa shape index (κ3) is 3.59. The summed E-state index contributed by atoms with van der Waals surface area (Å²) < 4.78 is 2.03. The van der Waals surface area contributed by atoms with Crippen LogP contribution in [0.3, 0.4) is 0 Å². The van der Waals surface area contributed by atoms with E-state index in [0.29, 0.717) is 12.1 Å². The lowest BCUT2D eigenvalue weighted by Gasteiger charge is -2.20. The third-order valence-electron chi connectivity index (χ3n) is 3.66. The van der Waals surface area contributed by atoms with Crippen LogP contribution in [0.1, 0.15) is 30.1 Å². The molecule has 0 saturated heterocycles. The Hall–Kier alpha value is -2.35. The molecule has 1 aromatic carbocycles. The fourth-order valence-electron chi connectivity index (χ4n) is 2.36. The number of aromatic nitrogens is 2. The van der Waals surface area contributed by atoms with Gasteiger partial charge in [-0.2, -0.15) is 0 Å². The second-order valence-electron chi connectivity index (χ2n) is 5.37. The maximum atomic E-state index is 12.6. The summed E-state index contributed by atoms with van der Waals surface area (Å²) >= 11 is 3.31. The van der Waals surface area contributed by atoms with Crippen LogP contribution in [0.25, 0.3) is 0 Å². The molecule has 0 aliphatic rings. The minimum absolute atomic E-state index is 0.0111. The summed E-state index contributed by atoms with van der Waals surface area (Å²) in [5.41, 5.74) is 5.13. The van der Waals surface area contributed by atoms with Gasteiger partial charge in [-0.05, 0) is 24.6 Å². The molecule has 1 aromatic heterocycles. The Balaban J connectivity index is 2.49. The number of hydrogen-bond acceptors (Lipinski definition) is 4. The number of benzene rings is 1. The van der Waals surface area contributed by atoms with Gasteiger partial charge in [0.1, 0.15) is 5.82 Å². The fourth-order valence-corrected chi connectivity index (χ4v) is 2.76. The summed E-state index contributed by atoms with van der Waals surface area (Å²) in [4.78, 5) is 40.1. The second-order valence-corrected chi connectivity index (χ2v) is 6.29. The summed E-state index contributed by atoms with van der Waals surface area (Å²) in [5, 5.41) is 0. The van der Waals surface area contributed by atoms with Crippen LogP contribution < -0.4 is 21.9 Å². The molecule has 2 aromatic rings. The predicted octanol–water partition coefficient (Wildman–Crippen LogP) is 1.96. The van der Waals surface area contributed by atoms with Crippen LogP contribution >= 0.6 is 15.9 Å². The van der Waals surface area contributed by atoms with Crippen LogP contribution in [-0.4, -0.2) is 22.5 Å². The zero-order valence-corrected chi connectivity index (χ0v) is 15.1. The molecule has 8 heteroatoms. The van der Waals surface area contributed by atoms with Crippen molar-refractivity contribution in [2.24, 2.45) is 0 Å². The first kappa shape index (κ1) is 18.0. The molecule has 2 rings (SSSR count). The van der Waals surface area contributed by atoms with Crippen molar-refractivity contribution >= 4 is 33.3 Å². The number of anilines is 2. The first-order chi connectivity index (χ1) is 11.4. The summed E-state index contributed by atoms with van der Waals surface area (Å²) in [6.45, 7) is 2.36. The highest BCUT2D eigenvalue weighted by Gasteiger charge is 2.22. The predicted molar refractivity (Wildman–Crippen MR) is 97.5 cm³/mol. The standard InChI is InChI=1S/C16H19BrN4O3/c1-3-4-8-21-13(18)12(14(22)19-16(21)24)20(2)15(23)10-6-5-7-11(17)9-10/h5-7,9H,3-4,8,18H2,1-2H3,(H,19,22,24). The zero-order valence-electron chi connectivity index (χ0n) is 13.5. The van der Waals surface area contributed by atoms with Gasteiger partial charge in [0.15, 0.2) is 5.69 Å². The Morgan fingerprint density at radius 1 is 1.38 bits per heavy atom. The van der Waals surface area contributed by atoms with Crippen LogP contribution in [-0.2, 0) is 6.54 Å². The molecule has 1 heterocycles. The topological polar surface area (TPSA) is 101 Å². The zero-order chi connectivity index (χ0) is 17.9. The number of nitrogens with zero attached hydrogens (tertiary/aromatic N) is 2. The Morgan fingerprint density at radius 2 is 2.08 bits per heavy atom. The molecule has 0 bridgehead atoms. The maximum absolute atomic E-state index is 12.6. The van der Waals surface area contributed by atoms with E-state index in [-0.39, 0.29) is 11.5 Å². The highest BCUT2D eigenvalue weighted by molar-refractivity contribution is 9.10. The van der Waals surface area contributed by atoms with Gasteiger partial charge in [0, 0.05) is 23.6 Å². The molecule has 0 spiro atoms. The van der Waals surface area contributed by atoms with E-state index in [9.17, 15) is 14.4 Å². The number of halogens is 1. The lowest BCUT2D eigenvalue weighted by molar-refractivity contribution is 0.0992. The summed E-state index contributed by atoms with van der Waals surface area (Å²) in [7, 11) is 1.46. The molecule has 0 aliphatic carbocycles. The van der Waals surface area contributed by atoms with Crippen molar-refractivity contribution in [2.75, 3.05) is 17.7 Å². The van der Waals surface area contributed by atoms with E-state index in [1.54, 1.807) is 24.3 Å². The van der Waals surface area contributed by atoms with Gasteiger partial charge in [0.2, 0.25) is 0 Å². The first-order valence-electron chi connectivity index (χ1n) is 7.53. The average molecular weight is 395 g/mol. The van der Waals surface area contributed by atoms with Gasteiger partial charge in [-0.3, -0.25) is 19.1 Å². The Bertz CT molecular complexity index is 872. The number of aromatic amines is 1. The number of H-pyrrole nitrogens is 1. The molecule has 128 valence electrons. The Morgan fingerprint density at radius 3 is 2.71 bits per heavy atom. The van der Waals surface area contributed by atoms with Crippen molar-refractivity contribution in [3.63, 3.8) is 0 Å². The summed E-state index contributed by atoms with van der Waals surface area (Å²) in [6, 6.07) is 6.81. The third-order valence-corrected chi connectivity index (χ3v) is 4.15. The number of nitrogens with two attached hydrogens (primary N) is 1. The van der Waals surface area contributed by atoms with Crippen LogP contribution in [0.4, 0.5) is 11.5 Å². The number of carbonyl (C=O) groups is 1. The summed E-state index contributed by atoms with van der Waals surface area (Å²) in [6.07, 6.45) is 1.60. The summed E-state index contributed by atoms with van der Waals surface area (Å²) in [5.74, 6) is -0.405. The van der Waals surface area contributed by atoms with Crippen molar-refractivity contribution in [1.29, 1.82) is 0 Å². The monoisotopic (exact) mass is 394 g/mol. The lowest BCUT2D eigenvalue weighted by atomic mass is 10.2. The first-order valence-corrected chi connectivity index (χ1v) is 8.32. The molecule has 0 unspecified atom stereocenters. The van der Waals surface area contributed by atoms with E-state index < -0.39 is 17.2 Å². The highest BCUT2D eigenvalue weighted by Crippen LogP contribution is 2.19. The van der Waals surface area contributed by atoms with Gasteiger partial charge in [-0.15, -0.1) is 0 Å². The van der Waals surface area contributed by atoms with E-state index in [0.717, 1.165) is 22.2 Å². The van der Waals surface area contributed by atoms with Gasteiger partial charge >= 0.3 is 5.69 Å². The normalized spacial score (nSPS) is 10.6. The van der Waals surface area contributed by atoms with E-state index >= 15 is 0 Å². The van der Waals surface area contributed by atoms with Gasteiger partial charge in [0.25, 0.3) is 11.5 Å². The molecule has 0 aliphatic heterocycles. The van der Waals surface area contributed by atoms with E-state index in [1.807, 2.05) is 6.92 Å². The van der Waals surface area contributed by atoms with Crippen molar-refractivity contribution in [1.82, 2.24) is 9.55 Å². The quantitative estimate of drug-likeness (QED) is 0.808. The highest BCUT2D eigenvalue weighted by atomic mass is 79.9. The number of unbranched alkanes of at least 4 members (excludes halogenated alkanes) is 1. The Kier molecular flexibility index (Phi) is 5.61. The number of carbonyl (C=O) groups excluding carboxylic acids is 1. The minimum Gasteiger partial charge on any atom is -0.383 e. The molecule has 0 saturated carbocycles. The molecule has 0 atom stereocenters. The molecule has 7 nitrogen and oxygen atoms in total. The van der Waals surface area contributed by atoms with E-state index in [1.165, 1.54) is 11.6 Å². The number of nitrogen functional groups attached to an aromatic ring is 1. The van der Waals surface area contributed by atoms with Gasteiger partial charge in [-0.1, -0.05) is 35.3 Å². The van der Waals surface area contributed by atoms with Crippen molar-refractivity contribution in [3.05, 3.63) is 55.1 Å². The van der Waals surface area contributed by atoms with E-state index in [4.69, 9.17) is 5.73 Å². The molecule has 1 amide bonds. The van der Waals surface area contributed by atoms with Crippen molar-refractivity contribution < 1.29 is 4.79 Å². The van der Waals surface area contributed by atoms with Crippen LogP contribution in [0, 0.1) is 0 Å². The van der Waals surface area contributed by atoms with Crippen LogP contribution in [0.5, 0.6) is 0 Å². The number of amides is 1. The molecule has 3 N–H and O–H groups in total. The number of rotatable bonds is 5. The van der Waals surface area contributed by atoms with Crippen LogP contribution in [0.2, 0.25) is 0 Å². The fraction of sp³-hybridized carbons (Fsp3) is 0.312. The van der Waals surface area contributed by atoms with Crippen molar-refractivity contribution in [2.45, 2.75) is 26.3 Å². The molecule has 0 radical (unpaired) electrons. The van der Waals surface area contributed by atoms with Gasteiger partial charge < -0.3 is 10.6 Å². The van der Waals surface area contributed by atoms with Gasteiger partial charge in [0.05, 0.1) is 0 Å². The molecule has 24 heavy (non-hydrogen) atoms. The molecule has 0 fully saturated rings. The second kappa shape index (κ2) is 7.48. The lowest BCUT2D eigenvalue weighted by Crippen LogP contribution is -2.39. The number of hydrogen-bond donors (Lipinski definition) is 2. The van der Waals surface area contributed by atoms with Gasteiger partial charge in [-0.25, -0.2) is 4.79 Å². The van der Waals surface area contributed by atoms with Crippen molar-refractivity contribution in [3.8, 4) is 0 Å². The minimum atomic E-state index is -0.684. The molecular weight excluding hydrogens is 376 g/mol. The van der Waals surface area contributed by atoms with Crippen LogP contribution in [0.15, 0.2) is 38.3 Å². The SMILES string of the molecule is CCCCn1c(N)c(N(C)C(=O)c2cccc(Br)c2)c(=O)[nH]c1=O.